The van der Waals surface area contributed by atoms with Crippen LogP contribution in [0.1, 0.15) is 19.3 Å². The van der Waals surface area contributed by atoms with E-state index in [4.69, 9.17) is 6.42 Å². The zero-order chi connectivity index (χ0) is 7.94. The maximum atomic E-state index is 5.13. The highest BCUT2D eigenvalue weighted by Crippen LogP contribution is 2.16. The maximum Gasteiger partial charge on any atom is 0.0248 e. The van der Waals surface area contributed by atoms with Gasteiger partial charge in [-0.05, 0) is 19.4 Å². The largest absolute Gasteiger partial charge is 0.312 e. The Kier molecular flexibility index (Phi) is 4.49. The zero-order valence-corrected chi connectivity index (χ0v) is 7.62. The summed E-state index contributed by atoms with van der Waals surface area (Å²) in [6.07, 6.45) is 8.46. The summed E-state index contributed by atoms with van der Waals surface area (Å²) in [4.78, 5) is 0. The van der Waals surface area contributed by atoms with Gasteiger partial charge in [0.1, 0.15) is 0 Å². The predicted octanol–water partition coefficient (Wildman–Crippen LogP) is 1.49. The first kappa shape index (κ1) is 8.96. The van der Waals surface area contributed by atoms with E-state index in [1.54, 1.807) is 0 Å². The number of terminal acetylenes is 1. The van der Waals surface area contributed by atoms with E-state index in [-0.39, 0.29) is 0 Å². The quantitative estimate of drug-likeness (QED) is 0.494. The summed E-state index contributed by atoms with van der Waals surface area (Å²) in [5.41, 5.74) is 0. The lowest BCUT2D eigenvalue weighted by Crippen LogP contribution is -2.40. The second kappa shape index (κ2) is 5.51. The van der Waals surface area contributed by atoms with Crippen molar-refractivity contribution in [3.05, 3.63) is 0 Å². The zero-order valence-electron chi connectivity index (χ0n) is 6.81. The molecule has 11 heavy (non-hydrogen) atoms. The van der Waals surface area contributed by atoms with Crippen LogP contribution in [0.25, 0.3) is 0 Å². The number of rotatable bonds is 5. The first-order valence-corrected chi connectivity index (χ1v) is 5.33. The van der Waals surface area contributed by atoms with Gasteiger partial charge in [-0.1, -0.05) is 0 Å². The van der Waals surface area contributed by atoms with E-state index in [0.29, 0.717) is 0 Å². The minimum absolute atomic E-state index is 0.797. The van der Waals surface area contributed by atoms with Crippen LogP contribution < -0.4 is 5.32 Å². The molecule has 0 saturated carbocycles. The molecule has 62 valence electrons. The van der Waals surface area contributed by atoms with Crippen LogP contribution in [0, 0.1) is 12.3 Å². The molecule has 0 aromatic carbocycles. The molecular formula is C9H15NS. The van der Waals surface area contributed by atoms with Gasteiger partial charge in [0.15, 0.2) is 0 Å². The summed E-state index contributed by atoms with van der Waals surface area (Å²) >= 11 is 2.02. The van der Waals surface area contributed by atoms with Crippen LogP contribution in [-0.2, 0) is 0 Å². The highest BCUT2D eigenvalue weighted by molar-refractivity contribution is 8.00. The first-order valence-electron chi connectivity index (χ1n) is 4.18. The molecule has 0 radical (unpaired) electrons. The topological polar surface area (TPSA) is 12.0 Å². The molecule has 1 N–H and O–H groups in total. The molecule has 2 heteroatoms. The smallest absolute Gasteiger partial charge is 0.0248 e. The minimum atomic E-state index is 0.797. The number of thioether (sulfide) groups is 1. The number of nitrogens with one attached hydrogen (secondary N) is 1. The van der Waals surface area contributed by atoms with Gasteiger partial charge in [0, 0.05) is 24.0 Å². The van der Waals surface area contributed by atoms with Crippen LogP contribution >= 0.6 is 11.8 Å². The standard InChI is InChI=1S/C9H15NS/c1-2-3-4-5-6-10-9-7-11-8-9/h1,9-10H,3-8H2. The molecule has 0 atom stereocenters. The average molecular weight is 169 g/mol. The molecule has 0 aromatic rings. The van der Waals surface area contributed by atoms with Crippen molar-refractivity contribution in [2.24, 2.45) is 0 Å². The SMILES string of the molecule is C#CCCCCNC1CSC1. The van der Waals surface area contributed by atoms with E-state index >= 15 is 0 Å². The fourth-order valence-corrected chi connectivity index (χ4v) is 1.72. The Morgan fingerprint density at radius 1 is 1.45 bits per heavy atom. The van der Waals surface area contributed by atoms with Gasteiger partial charge < -0.3 is 5.32 Å². The maximum absolute atomic E-state index is 5.13. The predicted molar refractivity (Wildman–Crippen MR) is 51.8 cm³/mol. The van der Waals surface area contributed by atoms with Crippen LogP contribution in [0.5, 0.6) is 0 Å². The van der Waals surface area contributed by atoms with Gasteiger partial charge in [0.2, 0.25) is 0 Å². The molecule has 1 nitrogen and oxygen atoms in total. The van der Waals surface area contributed by atoms with E-state index < -0.39 is 0 Å². The fraction of sp³-hybridized carbons (Fsp3) is 0.778. The van der Waals surface area contributed by atoms with E-state index in [1.165, 1.54) is 24.3 Å². The second-order valence-electron chi connectivity index (χ2n) is 2.85. The van der Waals surface area contributed by atoms with Crippen molar-refractivity contribution in [2.75, 3.05) is 18.1 Å². The highest BCUT2D eigenvalue weighted by atomic mass is 32.2. The van der Waals surface area contributed by atoms with Crippen LogP contribution in [0.3, 0.4) is 0 Å². The Morgan fingerprint density at radius 3 is 2.82 bits per heavy atom. The van der Waals surface area contributed by atoms with Crippen LogP contribution in [0.4, 0.5) is 0 Å². The third kappa shape index (κ3) is 3.69. The van der Waals surface area contributed by atoms with Gasteiger partial charge >= 0.3 is 0 Å². The van der Waals surface area contributed by atoms with Crippen LogP contribution in [-0.4, -0.2) is 24.1 Å². The molecule has 0 unspecified atom stereocenters. The van der Waals surface area contributed by atoms with Gasteiger partial charge in [-0.25, -0.2) is 0 Å². The summed E-state index contributed by atoms with van der Waals surface area (Å²) in [5.74, 6) is 5.25. The Bertz CT molecular complexity index is 135. The summed E-state index contributed by atoms with van der Waals surface area (Å²) in [6.45, 7) is 1.15. The lowest BCUT2D eigenvalue weighted by atomic mass is 10.2. The molecule has 1 rings (SSSR count). The third-order valence-electron chi connectivity index (χ3n) is 1.82. The number of hydrogen-bond acceptors (Lipinski definition) is 2. The van der Waals surface area contributed by atoms with Gasteiger partial charge in [0.25, 0.3) is 0 Å². The van der Waals surface area contributed by atoms with E-state index in [1.807, 2.05) is 11.8 Å². The van der Waals surface area contributed by atoms with Crippen molar-refractivity contribution in [2.45, 2.75) is 25.3 Å². The molecule has 1 aliphatic heterocycles. The number of unbranched alkanes of at least 4 members (excludes halogenated alkanes) is 2. The molecule has 0 aromatic heterocycles. The van der Waals surface area contributed by atoms with Crippen molar-refractivity contribution in [3.8, 4) is 12.3 Å². The lowest BCUT2D eigenvalue weighted by molar-refractivity contribution is 0.556. The molecule has 1 heterocycles. The summed E-state index contributed by atoms with van der Waals surface area (Å²) in [7, 11) is 0. The highest BCUT2D eigenvalue weighted by Gasteiger charge is 2.15. The lowest BCUT2D eigenvalue weighted by Gasteiger charge is -2.25. The molecular weight excluding hydrogens is 154 g/mol. The van der Waals surface area contributed by atoms with Crippen LogP contribution in [0.2, 0.25) is 0 Å². The fourth-order valence-electron chi connectivity index (χ4n) is 1.01. The average Bonchev–Trinajstić information content (AvgIpc) is 1.93. The minimum Gasteiger partial charge on any atom is -0.312 e. The van der Waals surface area contributed by atoms with E-state index in [0.717, 1.165) is 19.0 Å². The second-order valence-corrected chi connectivity index (χ2v) is 3.92. The summed E-state index contributed by atoms with van der Waals surface area (Å²) in [5, 5.41) is 3.49. The van der Waals surface area contributed by atoms with Crippen molar-refractivity contribution < 1.29 is 0 Å². The molecule has 1 saturated heterocycles. The summed E-state index contributed by atoms with van der Waals surface area (Å²) in [6, 6.07) is 0.797. The Labute approximate surface area is 73.3 Å². The third-order valence-corrected chi connectivity index (χ3v) is 3.10. The van der Waals surface area contributed by atoms with E-state index in [2.05, 4.69) is 11.2 Å². The Hall–Kier alpha value is -0.130. The van der Waals surface area contributed by atoms with Crippen molar-refractivity contribution in [3.63, 3.8) is 0 Å². The van der Waals surface area contributed by atoms with Crippen molar-refractivity contribution >= 4 is 11.8 Å². The normalized spacial score (nSPS) is 17.4. The number of hydrogen-bond donors (Lipinski definition) is 1. The van der Waals surface area contributed by atoms with Gasteiger partial charge in [-0.2, -0.15) is 11.8 Å². The van der Waals surface area contributed by atoms with Gasteiger partial charge in [0.05, 0.1) is 0 Å². The molecule has 0 spiro atoms. The van der Waals surface area contributed by atoms with Crippen LogP contribution in [0.15, 0.2) is 0 Å². The molecule has 1 fully saturated rings. The molecule has 0 aliphatic carbocycles. The van der Waals surface area contributed by atoms with Gasteiger partial charge in [-0.15, -0.1) is 12.3 Å². The summed E-state index contributed by atoms with van der Waals surface area (Å²) < 4.78 is 0. The van der Waals surface area contributed by atoms with Crippen molar-refractivity contribution in [1.29, 1.82) is 0 Å². The Balaban J connectivity index is 1.77. The first-order chi connectivity index (χ1) is 5.43. The molecule has 0 bridgehead atoms. The van der Waals surface area contributed by atoms with E-state index in [9.17, 15) is 0 Å². The monoisotopic (exact) mass is 169 g/mol. The molecule has 0 amide bonds. The van der Waals surface area contributed by atoms with Crippen molar-refractivity contribution in [1.82, 2.24) is 5.32 Å². The van der Waals surface area contributed by atoms with Gasteiger partial charge in [-0.3, -0.25) is 0 Å². The molecule has 1 aliphatic rings. The Morgan fingerprint density at radius 2 is 2.27 bits per heavy atom.